The van der Waals surface area contributed by atoms with Crippen LogP contribution < -0.4 is 4.74 Å². The molecule has 0 atom stereocenters. The zero-order valence-corrected chi connectivity index (χ0v) is 10.4. The fraction of sp³-hybridized carbons (Fsp3) is 0.400. The van der Waals surface area contributed by atoms with Gasteiger partial charge in [-0.25, -0.2) is 0 Å². The van der Waals surface area contributed by atoms with Crippen LogP contribution in [-0.2, 0) is 16.0 Å². The highest BCUT2D eigenvalue weighted by Crippen LogP contribution is 2.27. The molecule has 1 aromatic heterocycles. The predicted octanol–water partition coefficient (Wildman–Crippen LogP) is 2.13. The van der Waals surface area contributed by atoms with Crippen molar-refractivity contribution in [2.75, 3.05) is 6.61 Å². The molecule has 11 heteroatoms. The van der Waals surface area contributed by atoms with Crippen molar-refractivity contribution in [3.8, 4) is 5.88 Å². The zero-order chi connectivity index (χ0) is 16.2. The quantitative estimate of drug-likeness (QED) is 0.358. The van der Waals surface area contributed by atoms with E-state index >= 15 is 0 Å². The highest BCUT2D eigenvalue weighted by molar-refractivity contribution is 5.73. The third-order valence-electron chi connectivity index (χ3n) is 2.03. The van der Waals surface area contributed by atoms with Crippen LogP contribution in [0.25, 0.3) is 0 Å². The van der Waals surface area contributed by atoms with Gasteiger partial charge in [-0.3, -0.25) is 4.79 Å². The molecule has 0 aliphatic rings. The number of nitro groups is 1. The van der Waals surface area contributed by atoms with Crippen LogP contribution in [0.3, 0.4) is 0 Å². The van der Waals surface area contributed by atoms with Gasteiger partial charge in [0.05, 0.1) is 13.0 Å². The number of pyridine rings is 1. The summed E-state index contributed by atoms with van der Waals surface area (Å²) in [5.74, 6) is -5.21. The molecule has 1 aromatic rings. The highest BCUT2D eigenvalue weighted by atomic mass is 19.4. The topological polar surface area (TPSA) is 91.6 Å². The molecule has 1 rings (SSSR count). The summed E-state index contributed by atoms with van der Waals surface area (Å²) < 4.78 is 57.8. The molecule has 0 aliphatic carbocycles. The van der Waals surface area contributed by atoms with Crippen LogP contribution in [0.2, 0.25) is 0 Å². The third-order valence-corrected chi connectivity index (χ3v) is 2.03. The third kappa shape index (κ3) is 4.85. The van der Waals surface area contributed by atoms with Gasteiger partial charge in [0.25, 0.3) is 0 Å². The van der Waals surface area contributed by atoms with E-state index in [2.05, 4.69) is 14.5 Å². The number of carbonyl (C=O) groups is 1. The Kier molecular flexibility index (Phi) is 5.00. The Bertz CT molecular complexity index is 561. The fourth-order valence-electron chi connectivity index (χ4n) is 1.33. The minimum Gasteiger partial charge on any atom is -0.466 e. The molecule has 0 radical (unpaired) electrons. The Balaban J connectivity index is 3.21. The molecule has 0 amide bonds. The zero-order valence-electron chi connectivity index (χ0n) is 10.4. The van der Waals surface area contributed by atoms with Crippen LogP contribution in [-0.4, -0.2) is 28.8 Å². The molecule has 0 saturated heterocycles. The second-order valence-corrected chi connectivity index (χ2v) is 3.54. The summed E-state index contributed by atoms with van der Waals surface area (Å²) in [5.41, 5.74) is -0.686. The van der Waals surface area contributed by atoms with Crippen molar-refractivity contribution >= 4 is 11.8 Å². The Labute approximate surface area is 114 Å². The van der Waals surface area contributed by atoms with E-state index in [1.807, 2.05) is 0 Å². The van der Waals surface area contributed by atoms with E-state index in [9.17, 15) is 32.5 Å². The summed E-state index contributed by atoms with van der Waals surface area (Å²) in [7, 11) is 0. The summed E-state index contributed by atoms with van der Waals surface area (Å²) >= 11 is 0. The van der Waals surface area contributed by atoms with E-state index in [1.54, 1.807) is 0 Å². The monoisotopic (exact) mass is 312 g/mol. The fourth-order valence-corrected chi connectivity index (χ4v) is 1.33. The number of aromatic nitrogens is 1. The lowest BCUT2D eigenvalue weighted by Gasteiger charge is -2.08. The number of hydrogen-bond donors (Lipinski definition) is 0. The highest BCUT2D eigenvalue weighted by Gasteiger charge is 2.35. The molecule has 0 aliphatic heterocycles. The first-order valence-corrected chi connectivity index (χ1v) is 5.39. The number of carbonyl (C=O) groups excluding carboxylic acids is 1. The predicted molar refractivity (Wildman–Crippen MR) is 57.9 cm³/mol. The molecule has 0 fully saturated rings. The van der Waals surface area contributed by atoms with Crippen molar-refractivity contribution in [3.63, 3.8) is 0 Å². The second kappa shape index (κ2) is 6.33. The molecule has 0 saturated carbocycles. The summed E-state index contributed by atoms with van der Waals surface area (Å²) in [4.78, 5) is 23.2. The van der Waals surface area contributed by atoms with Crippen LogP contribution in [0, 0.1) is 15.9 Å². The number of ether oxygens (including phenoxy) is 2. The summed E-state index contributed by atoms with van der Waals surface area (Å²) in [6.07, 6.45) is -5.96. The number of halogens is 4. The molecule has 21 heavy (non-hydrogen) atoms. The lowest BCUT2D eigenvalue weighted by Crippen LogP contribution is -2.19. The van der Waals surface area contributed by atoms with Gasteiger partial charge < -0.3 is 19.6 Å². The van der Waals surface area contributed by atoms with Gasteiger partial charge in [-0.2, -0.15) is 4.39 Å². The van der Waals surface area contributed by atoms with Crippen molar-refractivity contribution in [2.24, 2.45) is 0 Å². The number of hydrogen-bond acceptors (Lipinski definition) is 6. The average Bonchev–Trinajstić information content (AvgIpc) is 2.31. The number of esters is 1. The van der Waals surface area contributed by atoms with E-state index in [-0.39, 0.29) is 6.61 Å². The molecule has 0 spiro atoms. The standard InChI is InChI=1S/C10H8F4N2O5/c1-2-20-7(17)4-5-3-6(21-10(12,13)14)15-9(8(5)11)16(18)19/h3H,2,4H2,1H3. The van der Waals surface area contributed by atoms with Gasteiger partial charge in [-0.1, -0.05) is 0 Å². The minimum atomic E-state index is -5.17. The van der Waals surface area contributed by atoms with Crippen LogP contribution in [0.15, 0.2) is 6.07 Å². The van der Waals surface area contributed by atoms with Gasteiger partial charge in [-0.15, -0.1) is 13.2 Å². The SMILES string of the molecule is CCOC(=O)Cc1cc(OC(F)(F)F)nc([N+](=O)[O-])c1F. The number of alkyl halides is 3. The van der Waals surface area contributed by atoms with Crippen LogP contribution in [0.1, 0.15) is 12.5 Å². The normalized spacial score (nSPS) is 11.1. The van der Waals surface area contributed by atoms with E-state index in [0.717, 1.165) is 0 Å². The Morgan fingerprint density at radius 2 is 2.10 bits per heavy atom. The van der Waals surface area contributed by atoms with Crippen LogP contribution in [0.4, 0.5) is 23.4 Å². The largest absolute Gasteiger partial charge is 0.575 e. The van der Waals surface area contributed by atoms with E-state index in [1.165, 1.54) is 6.92 Å². The van der Waals surface area contributed by atoms with Gasteiger partial charge in [0.15, 0.2) is 0 Å². The summed E-state index contributed by atoms with van der Waals surface area (Å²) in [6.45, 7) is 1.42. The Morgan fingerprint density at radius 3 is 2.57 bits per heavy atom. The molecular formula is C10H8F4N2O5. The first-order chi connectivity index (χ1) is 9.64. The minimum absolute atomic E-state index is 0.0421. The van der Waals surface area contributed by atoms with Gasteiger partial charge in [0.2, 0.25) is 5.82 Å². The van der Waals surface area contributed by atoms with Crippen molar-refractivity contribution < 1.29 is 36.8 Å². The van der Waals surface area contributed by atoms with Crippen molar-refractivity contribution in [1.29, 1.82) is 0 Å². The molecule has 116 valence electrons. The molecule has 1 heterocycles. The lowest BCUT2D eigenvalue weighted by atomic mass is 10.2. The summed E-state index contributed by atoms with van der Waals surface area (Å²) in [6, 6.07) is 0.451. The maximum absolute atomic E-state index is 13.7. The van der Waals surface area contributed by atoms with E-state index < -0.39 is 46.8 Å². The average molecular weight is 312 g/mol. The Morgan fingerprint density at radius 1 is 1.48 bits per heavy atom. The second-order valence-electron chi connectivity index (χ2n) is 3.54. The van der Waals surface area contributed by atoms with Gasteiger partial charge in [0.1, 0.15) is 0 Å². The number of nitrogens with zero attached hydrogens (tertiary/aromatic N) is 2. The van der Waals surface area contributed by atoms with Crippen molar-refractivity contribution in [1.82, 2.24) is 4.98 Å². The maximum Gasteiger partial charge on any atom is 0.575 e. The lowest BCUT2D eigenvalue weighted by molar-refractivity contribution is -0.392. The van der Waals surface area contributed by atoms with Gasteiger partial charge in [-0.05, 0) is 11.8 Å². The molecule has 7 nitrogen and oxygen atoms in total. The number of rotatable bonds is 5. The van der Waals surface area contributed by atoms with Crippen LogP contribution in [0.5, 0.6) is 5.88 Å². The first kappa shape index (κ1) is 16.6. The van der Waals surface area contributed by atoms with Gasteiger partial charge in [0, 0.05) is 16.6 Å². The smallest absolute Gasteiger partial charge is 0.466 e. The molecule has 0 N–H and O–H groups in total. The molecule has 0 aromatic carbocycles. The van der Waals surface area contributed by atoms with Crippen molar-refractivity contribution in [2.45, 2.75) is 19.7 Å². The van der Waals surface area contributed by atoms with Gasteiger partial charge >= 0.3 is 24.0 Å². The maximum atomic E-state index is 13.7. The first-order valence-electron chi connectivity index (χ1n) is 5.39. The van der Waals surface area contributed by atoms with Crippen molar-refractivity contribution in [3.05, 3.63) is 27.6 Å². The van der Waals surface area contributed by atoms with Crippen LogP contribution >= 0.6 is 0 Å². The van der Waals surface area contributed by atoms with E-state index in [0.29, 0.717) is 6.07 Å². The molecule has 0 unspecified atom stereocenters. The molecule has 0 bridgehead atoms. The van der Waals surface area contributed by atoms with E-state index in [4.69, 9.17) is 0 Å². The summed E-state index contributed by atoms with van der Waals surface area (Å²) in [5, 5.41) is 10.6. The molecular weight excluding hydrogens is 304 g/mol. The Hall–Kier alpha value is -2.46.